The van der Waals surface area contributed by atoms with Crippen LogP contribution in [0.2, 0.25) is 0 Å². The molecule has 1 amide bonds. The zero-order chi connectivity index (χ0) is 20.4. The highest BCUT2D eigenvalue weighted by molar-refractivity contribution is 5.94. The molecule has 4 N–H and O–H groups in total. The van der Waals surface area contributed by atoms with Gasteiger partial charge in [-0.05, 0) is 36.2 Å². The zero-order valence-corrected chi connectivity index (χ0v) is 15.0. The van der Waals surface area contributed by atoms with Gasteiger partial charge in [-0.25, -0.2) is 4.99 Å². The van der Waals surface area contributed by atoms with Crippen LogP contribution in [0.1, 0.15) is 22.3 Å². The Labute approximate surface area is 160 Å². The van der Waals surface area contributed by atoms with E-state index in [-0.39, 0.29) is 24.2 Å². The largest absolute Gasteiger partial charge is 0.573 e. The van der Waals surface area contributed by atoms with Crippen LogP contribution < -0.4 is 21.1 Å². The maximum atomic E-state index is 12.1. The second kappa shape index (κ2) is 10.2. The number of alkyl halides is 3. The molecule has 0 bridgehead atoms. The molecule has 150 valence electrons. The smallest absolute Gasteiger partial charge is 0.406 e. The molecule has 0 saturated heterocycles. The zero-order valence-electron chi connectivity index (χ0n) is 15.0. The summed E-state index contributed by atoms with van der Waals surface area (Å²) in [6.45, 7) is 1.22. The lowest BCUT2D eigenvalue weighted by molar-refractivity contribution is -0.274. The predicted molar refractivity (Wildman–Crippen MR) is 99.8 cm³/mol. The van der Waals surface area contributed by atoms with Gasteiger partial charge in [0, 0.05) is 18.7 Å². The third-order valence-electron chi connectivity index (χ3n) is 3.57. The third kappa shape index (κ3) is 7.98. The highest BCUT2D eigenvalue weighted by Crippen LogP contribution is 2.22. The Morgan fingerprint density at radius 1 is 1.00 bits per heavy atom. The first kappa shape index (κ1) is 21.1. The number of carbonyl (C=O) groups excluding carboxylic acids is 1. The molecule has 0 aliphatic rings. The van der Waals surface area contributed by atoms with Gasteiger partial charge in [0.15, 0.2) is 5.96 Å². The first-order valence-corrected chi connectivity index (χ1v) is 8.55. The normalized spacial score (nSPS) is 11.8. The first-order valence-electron chi connectivity index (χ1n) is 8.55. The average molecular weight is 394 g/mol. The number of carbonyl (C=O) groups is 1. The van der Waals surface area contributed by atoms with Gasteiger partial charge in [-0.1, -0.05) is 30.3 Å². The van der Waals surface area contributed by atoms with Gasteiger partial charge in [0.05, 0.1) is 6.54 Å². The van der Waals surface area contributed by atoms with E-state index in [4.69, 9.17) is 5.73 Å². The summed E-state index contributed by atoms with van der Waals surface area (Å²) in [5, 5.41) is 5.71. The molecule has 6 nitrogen and oxygen atoms in total. The highest BCUT2D eigenvalue weighted by Gasteiger charge is 2.30. The second-order valence-electron chi connectivity index (χ2n) is 5.80. The molecular weight excluding hydrogens is 373 g/mol. The lowest BCUT2D eigenvalue weighted by Gasteiger charge is -2.09. The van der Waals surface area contributed by atoms with Crippen molar-refractivity contribution in [1.29, 1.82) is 0 Å². The lowest BCUT2D eigenvalue weighted by Crippen LogP contribution is -2.34. The molecule has 0 spiro atoms. The lowest BCUT2D eigenvalue weighted by atomic mass is 10.2. The molecule has 0 unspecified atom stereocenters. The van der Waals surface area contributed by atoms with Crippen molar-refractivity contribution >= 4 is 11.9 Å². The number of ether oxygens (including phenoxy) is 1. The summed E-state index contributed by atoms with van der Waals surface area (Å²) in [5.74, 6) is -0.214. The summed E-state index contributed by atoms with van der Waals surface area (Å²) >= 11 is 0. The molecule has 0 radical (unpaired) electrons. The number of halogens is 3. The summed E-state index contributed by atoms with van der Waals surface area (Å²) in [6.07, 6.45) is -4.06. The first-order chi connectivity index (χ1) is 13.3. The average Bonchev–Trinajstić information content (AvgIpc) is 2.66. The Morgan fingerprint density at radius 2 is 1.64 bits per heavy atom. The number of rotatable bonds is 8. The van der Waals surface area contributed by atoms with E-state index in [1.165, 1.54) is 24.3 Å². The van der Waals surface area contributed by atoms with Gasteiger partial charge in [0.1, 0.15) is 5.75 Å². The quantitative estimate of drug-likeness (QED) is 0.365. The fourth-order valence-corrected chi connectivity index (χ4v) is 2.23. The summed E-state index contributed by atoms with van der Waals surface area (Å²) in [7, 11) is 0. The van der Waals surface area contributed by atoms with Gasteiger partial charge in [-0.3, -0.25) is 4.79 Å². The summed E-state index contributed by atoms with van der Waals surface area (Å²) in [6, 6.07) is 14.3. The molecule has 28 heavy (non-hydrogen) atoms. The van der Waals surface area contributed by atoms with Crippen LogP contribution in [0, 0.1) is 0 Å². The van der Waals surface area contributed by atoms with Crippen molar-refractivity contribution in [2.45, 2.75) is 19.3 Å². The van der Waals surface area contributed by atoms with Crippen LogP contribution in [0.5, 0.6) is 5.75 Å². The monoisotopic (exact) mass is 394 g/mol. The van der Waals surface area contributed by atoms with Gasteiger partial charge in [-0.15, -0.1) is 13.2 Å². The fraction of sp³-hybridized carbons (Fsp3) is 0.263. The molecule has 2 aromatic carbocycles. The van der Waals surface area contributed by atoms with Gasteiger partial charge in [-0.2, -0.15) is 0 Å². The van der Waals surface area contributed by atoms with Gasteiger partial charge in [0.2, 0.25) is 0 Å². The number of aliphatic imine (C=N–C) groups is 1. The minimum absolute atomic E-state index is 0.139. The van der Waals surface area contributed by atoms with E-state index >= 15 is 0 Å². The molecule has 0 aliphatic carbocycles. The van der Waals surface area contributed by atoms with Crippen LogP contribution in [-0.4, -0.2) is 31.3 Å². The van der Waals surface area contributed by atoms with Crippen LogP contribution in [0.3, 0.4) is 0 Å². The molecule has 0 heterocycles. The van der Waals surface area contributed by atoms with Crippen molar-refractivity contribution in [3.8, 4) is 5.75 Å². The molecular formula is C19H21F3N4O2. The van der Waals surface area contributed by atoms with Crippen molar-refractivity contribution in [2.75, 3.05) is 13.1 Å². The molecule has 0 atom stereocenters. The standard InChI is InChI=1S/C19H21F3N4O2/c20-19(21,22)28-16-9-7-14(8-10-16)13-26-18(23)25-12-4-11-24-17(27)15-5-2-1-3-6-15/h1-3,5-10H,4,11-13H2,(H,24,27)(H3,23,25,26). The minimum Gasteiger partial charge on any atom is -0.406 e. The van der Waals surface area contributed by atoms with Crippen LogP contribution in [0.4, 0.5) is 13.2 Å². The highest BCUT2D eigenvalue weighted by atomic mass is 19.4. The van der Waals surface area contributed by atoms with Crippen molar-refractivity contribution < 1.29 is 22.7 Å². The molecule has 0 saturated carbocycles. The number of nitrogens with zero attached hydrogens (tertiary/aromatic N) is 1. The molecule has 0 fully saturated rings. The Bertz CT molecular complexity index is 778. The maximum Gasteiger partial charge on any atom is 0.573 e. The van der Waals surface area contributed by atoms with E-state index in [1.54, 1.807) is 24.3 Å². The molecule has 2 rings (SSSR count). The van der Waals surface area contributed by atoms with E-state index in [1.807, 2.05) is 6.07 Å². The maximum absolute atomic E-state index is 12.1. The molecule has 0 aromatic heterocycles. The predicted octanol–water partition coefficient (Wildman–Crippen LogP) is 2.81. The van der Waals surface area contributed by atoms with Crippen LogP contribution in [0.15, 0.2) is 59.6 Å². The van der Waals surface area contributed by atoms with E-state index < -0.39 is 6.36 Å². The van der Waals surface area contributed by atoms with E-state index in [0.717, 1.165) is 0 Å². The topological polar surface area (TPSA) is 88.7 Å². The minimum atomic E-state index is -4.71. The number of hydrogen-bond donors (Lipinski definition) is 3. The third-order valence-corrected chi connectivity index (χ3v) is 3.57. The Hall–Kier alpha value is -3.23. The molecule has 9 heteroatoms. The fourth-order valence-electron chi connectivity index (χ4n) is 2.23. The van der Waals surface area contributed by atoms with E-state index in [0.29, 0.717) is 30.6 Å². The van der Waals surface area contributed by atoms with Crippen molar-refractivity contribution in [3.05, 3.63) is 65.7 Å². The second-order valence-corrected chi connectivity index (χ2v) is 5.80. The molecule has 0 aliphatic heterocycles. The van der Waals surface area contributed by atoms with Crippen molar-refractivity contribution in [2.24, 2.45) is 10.7 Å². The Morgan fingerprint density at radius 3 is 2.29 bits per heavy atom. The number of nitrogens with two attached hydrogens (primary N) is 1. The summed E-state index contributed by atoms with van der Waals surface area (Å²) in [5.41, 5.74) is 7.04. The summed E-state index contributed by atoms with van der Waals surface area (Å²) in [4.78, 5) is 16.0. The van der Waals surface area contributed by atoms with Crippen molar-refractivity contribution in [3.63, 3.8) is 0 Å². The number of amides is 1. The van der Waals surface area contributed by atoms with Gasteiger partial charge >= 0.3 is 6.36 Å². The van der Waals surface area contributed by atoms with Crippen LogP contribution in [-0.2, 0) is 6.54 Å². The summed E-state index contributed by atoms with van der Waals surface area (Å²) < 4.78 is 40.1. The molecule has 2 aromatic rings. The number of guanidine groups is 1. The number of hydrogen-bond acceptors (Lipinski definition) is 3. The van der Waals surface area contributed by atoms with E-state index in [9.17, 15) is 18.0 Å². The van der Waals surface area contributed by atoms with Crippen LogP contribution >= 0.6 is 0 Å². The number of nitrogens with one attached hydrogen (secondary N) is 2. The van der Waals surface area contributed by atoms with Gasteiger partial charge < -0.3 is 21.1 Å². The van der Waals surface area contributed by atoms with Crippen molar-refractivity contribution in [1.82, 2.24) is 10.6 Å². The van der Waals surface area contributed by atoms with Crippen LogP contribution in [0.25, 0.3) is 0 Å². The van der Waals surface area contributed by atoms with Gasteiger partial charge in [0.25, 0.3) is 5.91 Å². The number of benzene rings is 2. The Kier molecular flexibility index (Phi) is 7.67. The Balaban J connectivity index is 1.65. The SMILES string of the molecule is NC(=NCc1ccc(OC(F)(F)F)cc1)NCCCNC(=O)c1ccccc1. The van der Waals surface area contributed by atoms with E-state index in [2.05, 4.69) is 20.4 Å².